The highest BCUT2D eigenvalue weighted by molar-refractivity contribution is 7.14. The maximum atomic E-state index is 12.2. The lowest BCUT2D eigenvalue weighted by Gasteiger charge is -2.22. The molecule has 2 amide bonds. The van der Waals surface area contributed by atoms with Gasteiger partial charge in [0.1, 0.15) is 0 Å². The van der Waals surface area contributed by atoms with E-state index in [2.05, 4.69) is 10.6 Å². The van der Waals surface area contributed by atoms with Crippen molar-refractivity contribution in [1.82, 2.24) is 10.6 Å². The van der Waals surface area contributed by atoms with Crippen LogP contribution in [-0.2, 0) is 16.1 Å². The Morgan fingerprint density at radius 3 is 2.60 bits per heavy atom. The van der Waals surface area contributed by atoms with Crippen molar-refractivity contribution in [2.24, 2.45) is 0 Å². The molecule has 2 heterocycles. The largest absolute Gasteiger partial charge is 0.461 e. The summed E-state index contributed by atoms with van der Waals surface area (Å²) in [6.45, 7) is 0.215. The third-order valence-electron chi connectivity index (χ3n) is 4.20. The molecule has 0 atom stereocenters. The van der Waals surface area contributed by atoms with E-state index in [1.54, 1.807) is 24.3 Å². The lowest BCUT2D eigenvalue weighted by atomic mass is 9.95. The molecule has 1 aliphatic carbocycles. The number of hydrogen-bond donors (Lipinski definition) is 2. The van der Waals surface area contributed by atoms with Gasteiger partial charge in [-0.25, -0.2) is 0 Å². The lowest BCUT2D eigenvalue weighted by molar-refractivity contribution is -0.139. The molecule has 0 unspecified atom stereocenters. The highest BCUT2D eigenvalue weighted by Gasteiger charge is 2.20. The second-order valence-electron chi connectivity index (χ2n) is 6.06. The summed E-state index contributed by atoms with van der Waals surface area (Å²) in [5.74, 6) is -1.14. The first-order chi connectivity index (χ1) is 12.1. The Kier molecular flexibility index (Phi) is 5.65. The number of hydrogen-bond acceptors (Lipinski definition) is 5. The summed E-state index contributed by atoms with van der Waals surface area (Å²) in [6, 6.07) is 6.83. The van der Waals surface area contributed by atoms with Gasteiger partial charge in [0.05, 0.1) is 17.7 Å². The molecule has 1 saturated carbocycles. The van der Waals surface area contributed by atoms with E-state index in [9.17, 15) is 14.4 Å². The van der Waals surface area contributed by atoms with Crippen LogP contribution in [0.2, 0.25) is 0 Å². The van der Waals surface area contributed by atoms with Gasteiger partial charge in [-0.1, -0.05) is 19.3 Å². The van der Waals surface area contributed by atoms with Gasteiger partial charge in [-0.2, -0.15) is 0 Å². The number of furan rings is 1. The molecule has 2 aromatic rings. The van der Waals surface area contributed by atoms with Crippen molar-refractivity contribution in [3.63, 3.8) is 0 Å². The Labute approximate surface area is 149 Å². The maximum absolute atomic E-state index is 12.2. The number of carbonyl (C=O) groups excluding carboxylic acids is 3. The zero-order valence-corrected chi connectivity index (χ0v) is 14.6. The number of ketones is 1. The second kappa shape index (κ2) is 8.11. The minimum atomic E-state index is -0.641. The third-order valence-corrected chi connectivity index (χ3v) is 5.28. The van der Waals surface area contributed by atoms with Crippen LogP contribution < -0.4 is 10.6 Å². The lowest BCUT2D eigenvalue weighted by Crippen LogP contribution is -2.44. The van der Waals surface area contributed by atoms with Crippen LogP contribution in [0.1, 0.15) is 52.4 Å². The summed E-state index contributed by atoms with van der Waals surface area (Å²) in [5.41, 5.74) is 0. The molecular weight excluding hydrogens is 340 g/mol. The fraction of sp³-hybridized carbons (Fsp3) is 0.389. The van der Waals surface area contributed by atoms with Gasteiger partial charge in [0, 0.05) is 10.9 Å². The molecule has 1 fully saturated rings. The van der Waals surface area contributed by atoms with E-state index in [4.69, 9.17) is 4.42 Å². The molecule has 0 saturated heterocycles. The Hall–Kier alpha value is -2.41. The molecule has 0 spiro atoms. The molecule has 132 valence electrons. The summed E-state index contributed by atoms with van der Waals surface area (Å²) in [6.07, 6.45) is 6.69. The maximum Gasteiger partial charge on any atom is 0.309 e. The minimum Gasteiger partial charge on any atom is -0.461 e. The number of nitrogens with one attached hydrogen (secondary N) is 2. The molecule has 2 N–H and O–H groups in total. The first kappa shape index (κ1) is 17.4. The van der Waals surface area contributed by atoms with Crippen LogP contribution in [0, 0.1) is 0 Å². The number of carbonyl (C=O) groups is 3. The molecule has 2 aromatic heterocycles. The van der Waals surface area contributed by atoms with Crippen molar-refractivity contribution in [2.45, 2.75) is 44.7 Å². The molecular formula is C18H20N2O4S. The second-order valence-corrected chi connectivity index (χ2v) is 7.23. The van der Waals surface area contributed by atoms with Crippen LogP contribution in [0.3, 0.4) is 0 Å². The van der Waals surface area contributed by atoms with E-state index in [-0.39, 0.29) is 24.1 Å². The van der Waals surface area contributed by atoms with Crippen LogP contribution in [0.5, 0.6) is 0 Å². The quantitative estimate of drug-likeness (QED) is 0.634. The van der Waals surface area contributed by atoms with Crippen LogP contribution in [0.15, 0.2) is 34.9 Å². The van der Waals surface area contributed by atoms with Crippen LogP contribution >= 0.6 is 11.3 Å². The first-order valence-electron chi connectivity index (χ1n) is 8.39. The fourth-order valence-corrected chi connectivity index (χ4v) is 3.76. The van der Waals surface area contributed by atoms with E-state index < -0.39 is 11.8 Å². The summed E-state index contributed by atoms with van der Waals surface area (Å²) in [7, 11) is 0. The SMILES string of the molecule is O=C(NCc1ccc(C(=O)c2ccco2)s1)C(=O)NC1CCCCC1. The highest BCUT2D eigenvalue weighted by Crippen LogP contribution is 2.20. The average Bonchev–Trinajstić information content (AvgIpc) is 3.32. The molecule has 7 heteroatoms. The van der Waals surface area contributed by atoms with E-state index >= 15 is 0 Å². The summed E-state index contributed by atoms with van der Waals surface area (Å²) < 4.78 is 5.10. The normalized spacial score (nSPS) is 14.9. The standard InChI is InChI=1S/C18H20N2O4S/c21-16(14-7-4-10-24-14)15-9-8-13(25-15)11-19-17(22)18(23)20-12-5-2-1-3-6-12/h4,7-10,12H,1-3,5-6,11H2,(H,19,22)(H,20,23). The smallest absolute Gasteiger partial charge is 0.309 e. The molecule has 3 rings (SSSR count). The zero-order valence-electron chi connectivity index (χ0n) is 13.7. The minimum absolute atomic E-state index is 0.103. The van der Waals surface area contributed by atoms with Crippen molar-refractivity contribution in [3.05, 3.63) is 46.0 Å². The van der Waals surface area contributed by atoms with Crippen LogP contribution in [0.4, 0.5) is 0 Å². The fourth-order valence-electron chi connectivity index (χ4n) is 2.87. The van der Waals surface area contributed by atoms with Crippen molar-refractivity contribution in [3.8, 4) is 0 Å². The summed E-state index contributed by atoms with van der Waals surface area (Å²) in [5, 5.41) is 5.38. The Bertz CT molecular complexity index is 745. The van der Waals surface area contributed by atoms with E-state index in [0.717, 1.165) is 30.6 Å². The Morgan fingerprint density at radius 2 is 1.88 bits per heavy atom. The average molecular weight is 360 g/mol. The van der Waals surface area contributed by atoms with Crippen LogP contribution in [-0.4, -0.2) is 23.6 Å². The van der Waals surface area contributed by atoms with Gasteiger partial charge in [-0.05, 0) is 37.1 Å². The predicted octanol–water partition coefficient (Wildman–Crippen LogP) is 2.64. The number of thiophene rings is 1. The Balaban J connectivity index is 1.49. The Morgan fingerprint density at radius 1 is 1.08 bits per heavy atom. The molecule has 1 aliphatic rings. The molecule has 25 heavy (non-hydrogen) atoms. The molecule has 6 nitrogen and oxygen atoms in total. The van der Waals surface area contributed by atoms with Gasteiger partial charge >= 0.3 is 11.8 Å². The van der Waals surface area contributed by atoms with Crippen molar-refractivity contribution in [2.75, 3.05) is 0 Å². The van der Waals surface area contributed by atoms with Gasteiger partial charge in [0.15, 0.2) is 5.76 Å². The summed E-state index contributed by atoms with van der Waals surface area (Å²) in [4.78, 5) is 37.3. The highest BCUT2D eigenvalue weighted by atomic mass is 32.1. The molecule has 0 aliphatic heterocycles. The van der Waals surface area contributed by atoms with Gasteiger partial charge in [0.2, 0.25) is 5.78 Å². The monoisotopic (exact) mass is 360 g/mol. The van der Waals surface area contributed by atoms with Gasteiger partial charge < -0.3 is 15.1 Å². The predicted molar refractivity (Wildman–Crippen MR) is 93.3 cm³/mol. The number of amides is 2. The number of rotatable bonds is 5. The van der Waals surface area contributed by atoms with Crippen molar-refractivity contribution >= 4 is 28.9 Å². The molecule has 0 aromatic carbocycles. The van der Waals surface area contributed by atoms with E-state index in [1.165, 1.54) is 24.0 Å². The van der Waals surface area contributed by atoms with Crippen LogP contribution in [0.25, 0.3) is 0 Å². The van der Waals surface area contributed by atoms with Crippen molar-refractivity contribution < 1.29 is 18.8 Å². The zero-order chi connectivity index (χ0) is 17.6. The van der Waals surface area contributed by atoms with Gasteiger partial charge in [-0.3, -0.25) is 14.4 Å². The van der Waals surface area contributed by atoms with Crippen molar-refractivity contribution in [1.29, 1.82) is 0 Å². The molecule has 0 bridgehead atoms. The van der Waals surface area contributed by atoms with Gasteiger partial charge in [0.25, 0.3) is 0 Å². The first-order valence-corrected chi connectivity index (χ1v) is 9.21. The summed E-state index contributed by atoms with van der Waals surface area (Å²) >= 11 is 1.27. The third kappa shape index (κ3) is 4.57. The molecule has 0 radical (unpaired) electrons. The van der Waals surface area contributed by atoms with E-state index in [1.807, 2.05) is 0 Å². The van der Waals surface area contributed by atoms with Gasteiger partial charge in [-0.15, -0.1) is 11.3 Å². The van der Waals surface area contributed by atoms with E-state index in [0.29, 0.717) is 4.88 Å². The topological polar surface area (TPSA) is 88.4 Å².